The molecule has 3 heterocycles. The Morgan fingerprint density at radius 2 is 1.83 bits per heavy atom. The van der Waals surface area contributed by atoms with Gasteiger partial charge in [-0.1, -0.05) is 36.4 Å². The molecule has 2 aliphatic heterocycles. The summed E-state index contributed by atoms with van der Waals surface area (Å²) in [6, 6.07) is 15.9. The van der Waals surface area contributed by atoms with E-state index < -0.39 is 0 Å². The summed E-state index contributed by atoms with van der Waals surface area (Å²) in [6.07, 6.45) is 0.616. The van der Waals surface area contributed by atoms with E-state index in [4.69, 9.17) is 14.7 Å². The molecule has 0 radical (unpaired) electrons. The second-order valence-electron chi connectivity index (χ2n) is 7.35. The van der Waals surface area contributed by atoms with Crippen LogP contribution in [0.5, 0.6) is 0 Å². The van der Waals surface area contributed by atoms with Crippen LogP contribution in [0.2, 0.25) is 0 Å². The monoisotopic (exact) mass is 391 g/mol. The molecule has 1 amide bonds. The van der Waals surface area contributed by atoms with Crippen molar-refractivity contribution in [2.45, 2.75) is 31.5 Å². The standard InChI is InChI=1S/C22H21N3O4/c23-11-17-7-4-8-20(24-17)21(26)16-9-18-13-28-14-19(10-16)25(18)22(27)29-12-15-5-2-1-3-6-15/h1-8,16,18-19H,9-10,12-14H2. The van der Waals surface area contributed by atoms with Crippen molar-refractivity contribution in [3.05, 3.63) is 65.5 Å². The van der Waals surface area contributed by atoms with Gasteiger partial charge in [-0.2, -0.15) is 5.26 Å². The first-order valence-corrected chi connectivity index (χ1v) is 9.64. The highest BCUT2D eigenvalue weighted by atomic mass is 16.6. The minimum Gasteiger partial charge on any atom is -0.445 e. The van der Waals surface area contributed by atoms with Crippen molar-refractivity contribution in [1.29, 1.82) is 5.26 Å². The van der Waals surface area contributed by atoms with Crippen LogP contribution in [0, 0.1) is 17.2 Å². The van der Waals surface area contributed by atoms with Crippen LogP contribution in [0.3, 0.4) is 0 Å². The van der Waals surface area contributed by atoms with E-state index in [0.717, 1.165) is 5.56 Å². The van der Waals surface area contributed by atoms with E-state index in [9.17, 15) is 9.59 Å². The van der Waals surface area contributed by atoms with Crippen LogP contribution in [-0.4, -0.2) is 47.1 Å². The number of pyridine rings is 1. The Hall–Kier alpha value is -3.24. The molecule has 4 rings (SSSR count). The fourth-order valence-electron chi connectivity index (χ4n) is 4.06. The summed E-state index contributed by atoms with van der Waals surface area (Å²) in [5.74, 6) is -0.343. The Kier molecular flexibility index (Phi) is 5.54. The zero-order chi connectivity index (χ0) is 20.2. The van der Waals surface area contributed by atoms with E-state index in [1.54, 1.807) is 23.1 Å². The number of fused-ring (bicyclic) bond motifs is 2. The lowest BCUT2D eigenvalue weighted by Gasteiger charge is -2.47. The molecule has 2 unspecified atom stereocenters. The third kappa shape index (κ3) is 4.13. The summed E-state index contributed by atoms with van der Waals surface area (Å²) in [5.41, 5.74) is 1.45. The number of carbonyl (C=O) groups is 2. The molecule has 0 N–H and O–H groups in total. The van der Waals surface area contributed by atoms with Crippen molar-refractivity contribution < 1.29 is 19.1 Å². The number of rotatable bonds is 4. The summed E-state index contributed by atoms with van der Waals surface area (Å²) >= 11 is 0. The lowest BCUT2D eigenvalue weighted by atomic mass is 9.81. The molecule has 7 nitrogen and oxygen atoms in total. The molecule has 2 saturated heterocycles. The van der Waals surface area contributed by atoms with Crippen molar-refractivity contribution in [3.63, 3.8) is 0 Å². The number of nitriles is 1. The molecule has 148 valence electrons. The van der Waals surface area contributed by atoms with Crippen LogP contribution in [0.1, 0.15) is 34.6 Å². The lowest BCUT2D eigenvalue weighted by Crippen LogP contribution is -2.60. The molecule has 2 atom stereocenters. The van der Waals surface area contributed by atoms with Crippen LogP contribution in [-0.2, 0) is 16.1 Å². The van der Waals surface area contributed by atoms with Gasteiger partial charge >= 0.3 is 6.09 Å². The van der Waals surface area contributed by atoms with E-state index in [1.165, 1.54) is 0 Å². The van der Waals surface area contributed by atoms with Crippen LogP contribution in [0.4, 0.5) is 4.79 Å². The second-order valence-corrected chi connectivity index (χ2v) is 7.35. The average Bonchev–Trinajstić information content (AvgIpc) is 2.76. The first-order valence-electron chi connectivity index (χ1n) is 9.64. The Balaban J connectivity index is 1.44. The predicted octanol–water partition coefficient (Wildman–Crippen LogP) is 2.95. The van der Waals surface area contributed by atoms with Crippen LogP contribution >= 0.6 is 0 Å². The summed E-state index contributed by atoms with van der Waals surface area (Å²) in [5, 5.41) is 9.02. The molecular formula is C22H21N3O4. The molecule has 1 aromatic heterocycles. The summed E-state index contributed by atoms with van der Waals surface area (Å²) in [6.45, 7) is 0.975. The molecule has 2 bridgehead atoms. The maximum Gasteiger partial charge on any atom is 0.410 e. The first kappa shape index (κ1) is 19.1. The van der Waals surface area contributed by atoms with Gasteiger partial charge in [-0.15, -0.1) is 0 Å². The Bertz CT molecular complexity index is 927. The number of morpholine rings is 1. The number of aromatic nitrogens is 1. The maximum atomic E-state index is 12.9. The van der Waals surface area contributed by atoms with Gasteiger partial charge in [0.1, 0.15) is 24.1 Å². The number of piperidine rings is 1. The van der Waals surface area contributed by atoms with Crippen molar-refractivity contribution >= 4 is 11.9 Å². The number of ketones is 1. The van der Waals surface area contributed by atoms with Crippen LogP contribution in [0.15, 0.2) is 48.5 Å². The number of ether oxygens (including phenoxy) is 2. The third-order valence-corrected chi connectivity index (χ3v) is 5.42. The number of Topliss-reactive ketones (excluding diaryl/α,β-unsaturated/α-hetero) is 1. The zero-order valence-corrected chi connectivity index (χ0v) is 15.9. The smallest absolute Gasteiger partial charge is 0.410 e. The Labute approximate surface area is 168 Å². The summed E-state index contributed by atoms with van der Waals surface area (Å²) in [4.78, 5) is 31.5. The van der Waals surface area contributed by atoms with Gasteiger partial charge in [0.15, 0.2) is 5.78 Å². The SMILES string of the molecule is N#Cc1cccc(C(=O)C2CC3COCC(C2)N3C(=O)OCc2ccccc2)n1. The normalized spacial score (nSPS) is 23.1. The molecule has 7 heteroatoms. The Morgan fingerprint density at radius 3 is 2.52 bits per heavy atom. The zero-order valence-electron chi connectivity index (χ0n) is 15.9. The number of hydrogen-bond acceptors (Lipinski definition) is 6. The molecule has 0 spiro atoms. The van der Waals surface area contributed by atoms with Gasteiger partial charge in [0, 0.05) is 5.92 Å². The van der Waals surface area contributed by atoms with E-state index in [2.05, 4.69) is 4.98 Å². The highest BCUT2D eigenvalue weighted by molar-refractivity contribution is 5.96. The first-order chi connectivity index (χ1) is 14.2. The van der Waals surface area contributed by atoms with Crippen molar-refractivity contribution in [1.82, 2.24) is 9.88 Å². The van der Waals surface area contributed by atoms with E-state index in [0.29, 0.717) is 31.7 Å². The van der Waals surface area contributed by atoms with Crippen LogP contribution in [0.25, 0.3) is 0 Å². The number of carbonyl (C=O) groups excluding carboxylic acids is 2. The maximum absolute atomic E-state index is 12.9. The van der Waals surface area contributed by atoms with Crippen LogP contribution < -0.4 is 0 Å². The van der Waals surface area contributed by atoms with Gasteiger partial charge in [0.2, 0.25) is 0 Å². The number of benzene rings is 1. The minimum absolute atomic E-state index is 0.0868. The molecule has 2 aliphatic rings. The number of amides is 1. The highest BCUT2D eigenvalue weighted by Crippen LogP contribution is 2.34. The molecule has 0 aliphatic carbocycles. The van der Waals surface area contributed by atoms with Gasteiger partial charge in [0.05, 0.1) is 25.3 Å². The van der Waals surface area contributed by atoms with Crippen molar-refractivity contribution in [2.24, 2.45) is 5.92 Å². The molecule has 1 aromatic carbocycles. The van der Waals surface area contributed by atoms with Gasteiger partial charge in [-0.05, 0) is 30.5 Å². The van der Waals surface area contributed by atoms with E-state index in [1.807, 2.05) is 36.4 Å². The minimum atomic E-state index is -0.373. The average molecular weight is 391 g/mol. The van der Waals surface area contributed by atoms with Gasteiger partial charge in [-0.3, -0.25) is 9.69 Å². The number of nitrogens with zero attached hydrogens (tertiary/aromatic N) is 3. The molecule has 2 aromatic rings. The fraction of sp³-hybridized carbons (Fsp3) is 0.364. The van der Waals surface area contributed by atoms with Gasteiger partial charge in [-0.25, -0.2) is 9.78 Å². The van der Waals surface area contributed by atoms with Crippen molar-refractivity contribution in [2.75, 3.05) is 13.2 Å². The quantitative estimate of drug-likeness (QED) is 0.744. The fourth-order valence-corrected chi connectivity index (χ4v) is 4.06. The highest BCUT2D eigenvalue weighted by Gasteiger charge is 2.44. The molecule has 29 heavy (non-hydrogen) atoms. The predicted molar refractivity (Wildman–Crippen MR) is 103 cm³/mol. The van der Waals surface area contributed by atoms with E-state index >= 15 is 0 Å². The van der Waals surface area contributed by atoms with Crippen molar-refractivity contribution in [3.8, 4) is 6.07 Å². The summed E-state index contributed by atoms with van der Waals surface area (Å²) in [7, 11) is 0. The van der Waals surface area contributed by atoms with Gasteiger partial charge in [0.25, 0.3) is 0 Å². The summed E-state index contributed by atoms with van der Waals surface area (Å²) < 4.78 is 11.1. The lowest BCUT2D eigenvalue weighted by molar-refractivity contribution is -0.0755. The topological polar surface area (TPSA) is 92.5 Å². The van der Waals surface area contributed by atoms with E-state index in [-0.39, 0.29) is 42.2 Å². The van der Waals surface area contributed by atoms with Gasteiger partial charge < -0.3 is 9.47 Å². The molecule has 0 saturated carbocycles. The molecule has 2 fully saturated rings. The Morgan fingerprint density at radius 1 is 1.10 bits per heavy atom. The largest absolute Gasteiger partial charge is 0.445 e. The number of hydrogen-bond donors (Lipinski definition) is 0. The molecular weight excluding hydrogens is 370 g/mol. The third-order valence-electron chi connectivity index (χ3n) is 5.42. The second kappa shape index (κ2) is 8.41.